The molecule has 0 unspecified atom stereocenters. The van der Waals surface area contributed by atoms with E-state index in [1.807, 2.05) is 0 Å². The van der Waals surface area contributed by atoms with Gasteiger partial charge in [0.2, 0.25) is 0 Å². The summed E-state index contributed by atoms with van der Waals surface area (Å²) in [5, 5.41) is 5.22. The molecule has 0 aromatic carbocycles. The van der Waals surface area contributed by atoms with Gasteiger partial charge in [0.15, 0.2) is 5.05 Å². The van der Waals surface area contributed by atoms with Crippen molar-refractivity contribution in [2.24, 2.45) is 11.8 Å². The third-order valence-corrected chi connectivity index (χ3v) is 2.49. The van der Waals surface area contributed by atoms with E-state index in [0.717, 1.165) is 27.8 Å². The van der Waals surface area contributed by atoms with E-state index < -0.39 is 6.09 Å². The first kappa shape index (κ1) is 31.1. The molecule has 2 heterocycles. The van der Waals surface area contributed by atoms with Crippen LogP contribution < -0.4 is 10.6 Å². The van der Waals surface area contributed by atoms with Crippen molar-refractivity contribution in [2.45, 2.75) is 56.4 Å². The summed E-state index contributed by atoms with van der Waals surface area (Å²) in [4.78, 5) is 20.3. The van der Waals surface area contributed by atoms with Gasteiger partial charge in [0, 0.05) is 0 Å². The molecule has 2 N–H and O–H groups in total. The van der Waals surface area contributed by atoms with E-state index in [2.05, 4.69) is 81.3 Å². The highest BCUT2D eigenvalue weighted by Gasteiger charge is 2.14. The molecule has 0 atom stereocenters. The number of hydrogen-bond acceptors (Lipinski definition) is 6. The van der Waals surface area contributed by atoms with Crippen LogP contribution in [0.15, 0.2) is 0 Å². The number of alkyl carbamates (subject to hydrolysis) is 1. The Hall–Kier alpha value is -0.730. The molecule has 0 aromatic heterocycles. The highest BCUT2D eigenvalue weighted by molar-refractivity contribution is 8.33. The van der Waals surface area contributed by atoms with E-state index in [1.54, 1.807) is 0 Å². The molecule has 2 amide bonds. The molecule has 0 radical (unpaired) electrons. The molecule has 2 rings (SSSR count). The number of carbonyl (C=O) groups is 2. The van der Waals surface area contributed by atoms with Gasteiger partial charge in [-0.15, -0.1) is 0 Å². The quantitative estimate of drug-likeness (QED) is 0.531. The van der Waals surface area contributed by atoms with Crippen LogP contribution in [0.2, 0.25) is 0 Å². The summed E-state index contributed by atoms with van der Waals surface area (Å²) >= 11 is 10.3. The molecule has 24 heavy (non-hydrogen) atoms. The molecule has 0 aromatic rings. The van der Waals surface area contributed by atoms with Crippen molar-refractivity contribution in [1.29, 1.82) is 0 Å². The summed E-state index contributed by atoms with van der Waals surface area (Å²) in [5.41, 5.74) is 0. The molecular formula is C16H34N2O3S3. The summed E-state index contributed by atoms with van der Waals surface area (Å²) in [7, 11) is 0. The topological polar surface area (TPSA) is 67.4 Å². The fourth-order valence-corrected chi connectivity index (χ4v) is 1.58. The molecule has 2 aliphatic heterocycles. The van der Waals surface area contributed by atoms with Crippen molar-refractivity contribution >= 4 is 56.8 Å². The largest absolute Gasteiger partial charge is 0.413 e. The highest BCUT2D eigenvalue weighted by atomic mass is 32.2. The lowest BCUT2D eigenvalue weighted by molar-refractivity contribution is 0.209. The molecular weight excluding hydrogens is 364 g/mol. The first-order valence-corrected chi connectivity index (χ1v) is 8.64. The lowest BCUT2D eigenvalue weighted by atomic mass is 10.3. The number of rotatable bonds is 0. The standard InChI is InChI=1S/2C4H10.C3H3NO2S.C3H3NOS2.2CH4/c2*1-4(2)3;5-3-4-1-2(7)6-3;5-3-4-1-2(6)7-3;;/h2*4H,1-3H3;2*1H2,(H,4,5);2*1H4. The maximum atomic E-state index is 10.2. The number of carbonyl (C=O) groups excluding carboxylic acids is 2. The molecule has 2 fully saturated rings. The minimum absolute atomic E-state index is 0. The number of thiocarbonyl (C=S) groups is 2. The second-order valence-electron chi connectivity index (χ2n) is 5.69. The SMILES string of the molecule is C.C.CC(C)C.CC(C)C.O=C1NCC(=S)O1.O=C1NCC(=S)S1. The molecule has 144 valence electrons. The summed E-state index contributed by atoms with van der Waals surface area (Å²) in [6.45, 7) is 14.0. The van der Waals surface area contributed by atoms with Gasteiger partial charge in [-0.1, -0.05) is 68.6 Å². The van der Waals surface area contributed by atoms with Gasteiger partial charge in [-0.05, 0) is 35.8 Å². The predicted octanol–water partition coefficient (Wildman–Crippen LogP) is 5.42. The van der Waals surface area contributed by atoms with Crippen LogP contribution in [0.5, 0.6) is 0 Å². The second-order valence-corrected chi connectivity index (χ2v) is 7.97. The lowest BCUT2D eigenvalue weighted by Crippen LogP contribution is -2.12. The highest BCUT2D eigenvalue weighted by Crippen LogP contribution is 2.10. The Morgan fingerprint density at radius 3 is 1.42 bits per heavy atom. The fourth-order valence-electron chi connectivity index (χ4n) is 0.640. The van der Waals surface area contributed by atoms with Crippen molar-refractivity contribution in [3.8, 4) is 0 Å². The average molecular weight is 399 g/mol. The molecule has 2 aliphatic rings. The molecule has 0 spiro atoms. The Morgan fingerprint density at radius 1 is 0.917 bits per heavy atom. The Morgan fingerprint density at radius 2 is 1.33 bits per heavy atom. The van der Waals surface area contributed by atoms with Gasteiger partial charge in [-0.25, -0.2) is 4.79 Å². The predicted molar refractivity (Wildman–Crippen MR) is 115 cm³/mol. The van der Waals surface area contributed by atoms with Crippen LogP contribution in [0.1, 0.15) is 56.4 Å². The Kier molecular flexibility index (Phi) is 24.1. The van der Waals surface area contributed by atoms with E-state index in [4.69, 9.17) is 0 Å². The summed E-state index contributed by atoms with van der Waals surface area (Å²) in [5.74, 6) is 1.67. The van der Waals surface area contributed by atoms with Crippen molar-refractivity contribution in [3.63, 3.8) is 0 Å². The number of nitrogens with one attached hydrogen (secondary N) is 2. The van der Waals surface area contributed by atoms with Gasteiger partial charge in [0.05, 0.1) is 17.3 Å². The number of hydrogen-bond donors (Lipinski definition) is 2. The minimum Gasteiger partial charge on any atom is -0.401 e. The van der Waals surface area contributed by atoms with Crippen LogP contribution in [0, 0.1) is 11.8 Å². The summed E-state index contributed by atoms with van der Waals surface area (Å²) in [6, 6.07) is 0. The Bertz CT molecular complexity index is 317. The van der Waals surface area contributed by atoms with Crippen LogP contribution in [0.25, 0.3) is 0 Å². The fraction of sp³-hybridized carbons (Fsp3) is 0.750. The van der Waals surface area contributed by atoms with Crippen molar-refractivity contribution < 1.29 is 14.3 Å². The Balaban J connectivity index is -0.000000112. The smallest absolute Gasteiger partial charge is 0.401 e. The van der Waals surface area contributed by atoms with E-state index >= 15 is 0 Å². The summed E-state index contributed by atoms with van der Waals surface area (Å²) < 4.78 is 5.08. The van der Waals surface area contributed by atoms with Gasteiger partial charge in [-0.3, -0.25) is 4.79 Å². The van der Waals surface area contributed by atoms with Crippen LogP contribution >= 0.6 is 36.2 Å². The van der Waals surface area contributed by atoms with Crippen LogP contribution in [0.4, 0.5) is 9.59 Å². The van der Waals surface area contributed by atoms with Gasteiger partial charge in [0.25, 0.3) is 5.24 Å². The number of amides is 2. The molecule has 0 aliphatic carbocycles. The van der Waals surface area contributed by atoms with Gasteiger partial charge in [-0.2, -0.15) is 0 Å². The molecule has 2 saturated heterocycles. The minimum atomic E-state index is -0.440. The molecule has 8 heteroatoms. The van der Waals surface area contributed by atoms with Crippen LogP contribution in [0.3, 0.4) is 0 Å². The van der Waals surface area contributed by atoms with E-state index in [1.165, 1.54) is 0 Å². The number of cyclic esters (lactones) is 1. The Labute approximate surface area is 163 Å². The molecule has 5 nitrogen and oxygen atoms in total. The monoisotopic (exact) mass is 398 g/mol. The average Bonchev–Trinajstić information content (AvgIpc) is 2.86. The lowest BCUT2D eigenvalue weighted by Gasteiger charge is -1.80. The maximum absolute atomic E-state index is 10.2. The molecule has 0 bridgehead atoms. The van der Waals surface area contributed by atoms with Crippen molar-refractivity contribution in [2.75, 3.05) is 13.1 Å². The van der Waals surface area contributed by atoms with Crippen molar-refractivity contribution in [1.82, 2.24) is 10.6 Å². The zero-order chi connectivity index (χ0) is 17.7. The third kappa shape index (κ3) is 29.3. The molecule has 0 saturated carbocycles. The zero-order valence-corrected chi connectivity index (χ0v) is 16.5. The number of ether oxygens (including phenoxy) is 1. The third-order valence-electron chi connectivity index (χ3n) is 1.17. The zero-order valence-electron chi connectivity index (χ0n) is 14.0. The van der Waals surface area contributed by atoms with Crippen LogP contribution in [-0.4, -0.2) is 33.7 Å². The first-order valence-electron chi connectivity index (χ1n) is 7.01. The summed E-state index contributed by atoms with van der Waals surface area (Å²) in [6.07, 6.45) is -0.440. The van der Waals surface area contributed by atoms with Gasteiger partial charge < -0.3 is 15.4 Å². The normalized spacial score (nSPS) is 14.3. The van der Waals surface area contributed by atoms with Gasteiger partial charge >= 0.3 is 6.09 Å². The van der Waals surface area contributed by atoms with E-state index in [-0.39, 0.29) is 20.1 Å². The maximum Gasteiger partial charge on any atom is 0.413 e. The number of thioether (sulfide) groups is 1. The van der Waals surface area contributed by atoms with Crippen molar-refractivity contribution in [3.05, 3.63) is 0 Å². The van der Waals surface area contributed by atoms with Gasteiger partial charge in [0.1, 0.15) is 0 Å². The van der Waals surface area contributed by atoms with E-state index in [9.17, 15) is 9.59 Å². The van der Waals surface area contributed by atoms with Crippen LogP contribution in [-0.2, 0) is 4.74 Å². The second kappa shape index (κ2) is 18.6. The van der Waals surface area contributed by atoms with E-state index in [0.29, 0.717) is 18.1 Å². The first-order chi connectivity index (χ1) is 10.0.